The molecule has 2 aromatic rings. The van der Waals surface area contributed by atoms with Crippen molar-refractivity contribution in [1.82, 2.24) is 10.6 Å². The zero-order valence-electron chi connectivity index (χ0n) is 19.8. The van der Waals surface area contributed by atoms with E-state index in [1.807, 2.05) is 0 Å². The van der Waals surface area contributed by atoms with Gasteiger partial charge in [0.25, 0.3) is 0 Å². The number of carbonyl (C=O) groups excluding carboxylic acids is 3. The van der Waals surface area contributed by atoms with Crippen LogP contribution in [0.3, 0.4) is 0 Å². The number of halogens is 3. The topological polar surface area (TPSA) is 127 Å². The van der Waals surface area contributed by atoms with Gasteiger partial charge in [0.05, 0.1) is 5.56 Å². The molecule has 3 amide bonds. The molecule has 1 aromatic heterocycles. The molecule has 2 rings (SSSR count). The maximum Gasteiger partial charge on any atom is 0.417 e. The minimum Gasteiger partial charge on any atom is -0.444 e. The van der Waals surface area contributed by atoms with Crippen molar-refractivity contribution in [3.63, 3.8) is 0 Å². The lowest BCUT2D eigenvalue weighted by Gasteiger charge is -2.20. The van der Waals surface area contributed by atoms with Gasteiger partial charge in [-0.25, -0.2) is 9.59 Å². The van der Waals surface area contributed by atoms with Crippen LogP contribution in [0.5, 0.6) is 0 Å². The fraction of sp³-hybridized carbons (Fsp3) is 0.478. The van der Waals surface area contributed by atoms with E-state index < -0.39 is 46.9 Å². The molecule has 1 atom stereocenters. The van der Waals surface area contributed by atoms with E-state index in [1.54, 1.807) is 20.8 Å². The number of unbranched alkanes of at least 4 members (excludes halogenated alkanes) is 1. The predicted molar refractivity (Wildman–Crippen MR) is 122 cm³/mol. The van der Waals surface area contributed by atoms with Crippen LogP contribution in [0.15, 0.2) is 33.5 Å². The molecule has 0 aliphatic heterocycles. The normalized spacial score (nSPS) is 12.7. The largest absolute Gasteiger partial charge is 0.444 e. The summed E-state index contributed by atoms with van der Waals surface area (Å²) in [7, 11) is 0. The molecule has 0 fully saturated rings. The van der Waals surface area contributed by atoms with E-state index in [0.717, 1.165) is 12.1 Å². The van der Waals surface area contributed by atoms with E-state index in [0.29, 0.717) is 25.5 Å². The Balaban J connectivity index is 2.03. The Labute approximate surface area is 199 Å². The minimum absolute atomic E-state index is 0.0897. The molecule has 3 N–H and O–H groups in total. The average Bonchev–Trinajstić information content (AvgIpc) is 2.69. The van der Waals surface area contributed by atoms with Crippen LogP contribution in [-0.4, -0.2) is 36.1 Å². The number of carbonyl (C=O) groups is 3. The molecule has 1 aromatic carbocycles. The Morgan fingerprint density at radius 2 is 1.77 bits per heavy atom. The number of alkyl halides is 3. The minimum atomic E-state index is -4.76. The van der Waals surface area contributed by atoms with E-state index in [9.17, 15) is 32.3 Å². The Bertz CT molecular complexity index is 1140. The van der Waals surface area contributed by atoms with Gasteiger partial charge in [-0.1, -0.05) is 0 Å². The van der Waals surface area contributed by atoms with Gasteiger partial charge in [0.2, 0.25) is 11.8 Å². The molecule has 12 heteroatoms. The van der Waals surface area contributed by atoms with Crippen molar-refractivity contribution in [2.24, 2.45) is 0 Å². The van der Waals surface area contributed by atoms with Crippen LogP contribution in [0.25, 0.3) is 11.0 Å². The van der Waals surface area contributed by atoms with E-state index in [2.05, 4.69) is 16.0 Å². The maximum absolute atomic E-state index is 13.2. The summed E-state index contributed by atoms with van der Waals surface area (Å²) in [5, 5.41) is 7.30. The highest BCUT2D eigenvalue weighted by Crippen LogP contribution is 2.34. The summed E-state index contributed by atoms with van der Waals surface area (Å²) in [4.78, 5) is 47.5. The number of rotatable bonds is 8. The van der Waals surface area contributed by atoms with Gasteiger partial charge in [-0.3, -0.25) is 9.59 Å². The fourth-order valence-electron chi connectivity index (χ4n) is 3.20. The number of benzene rings is 1. The van der Waals surface area contributed by atoms with Crippen molar-refractivity contribution in [1.29, 1.82) is 0 Å². The van der Waals surface area contributed by atoms with Crippen LogP contribution in [0.1, 0.15) is 52.5 Å². The first-order chi connectivity index (χ1) is 16.2. The molecular weight excluding hydrogens is 471 g/mol. The SMILES string of the molecule is CC(=O)NC(CCCCNC(=O)OC(C)(C)C)C(=O)Nc1ccc2c(C(F)(F)F)cc(=O)oc2c1. The van der Waals surface area contributed by atoms with Crippen molar-refractivity contribution in [2.45, 2.75) is 64.8 Å². The summed E-state index contributed by atoms with van der Waals surface area (Å²) >= 11 is 0. The zero-order valence-corrected chi connectivity index (χ0v) is 19.8. The fourth-order valence-corrected chi connectivity index (χ4v) is 3.20. The summed E-state index contributed by atoms with van der Waals surface area (Å²) in [6.45, 7) is 6.76. The van der Waals surface area contributed by atoms with Crippen molar-refractivity contribution >= 4 is 34.6 Å². The van der Waals surface area contributed by atoms with Crippen molar-refractivity contribution in [3.05, 3.63) is 40.2 Å². The molecule has 1 heterocycles. The van der Waals surface area contributed by atoms with Gasteiger partial charge in [-0.2, -0.15) is 13.2 Å². The second-order valence-corrected chi connectivity index (χ2v) is 8.85. The molecule has 192 valence electrons. The predicted octanol–water partition coefficient (Wildman–Crippen LogP) is 3.95. The van der Waals surface area contributed by atoms with Crippen LogP contribution in [0, 0.1) is 0 Å². The third kappa shape index (κ3) is 8.95. The van der Waals surface area contributed by atoms with E-state index in [-0.39, 0.29) is 23.1 Å². The number of hydrogen-bond donors (Lipinski definition) is 3. The second-order valence-electron chi connectivity index (χ2n) is 8.85. The molecule has 35 heavy (non-hydrogen) atoms. The molecule has 0 radical (unpaired) electrons. The highest BCUT2D eigenvalue weighted by molar-refractivity contribution is 5.98. The molecule has 0 saturated carbocycles. The summed E-state index contributed by atoms with van der Waals surface area (Å²) in [5.74, 6) is -1.05. The molecule has 0 aliphatic rings. The number of ether oxygens (including phenoxy) is 1. The number of nitrogens with one attached hydrogen (secondary N) is 3. The molecule has 9 nitrogen and oxygen atoms in total. The summed E-state index contributed by atoms with van der Waals surface area (Å²) < 4.78 is 49.6. The number of amides is 3. The van der Waals surface area contributed by atoms with Crippen LogP contribution in [0.4, 0.5) is 23.7 Å². The smallest absolute Gasteiger partial charge is 0.417 e. The summed E-state index contributed by atoms with van der Waals surface area (Å²) in [6, 6.07) is 2.88. The molecular formula is C23H28F3N3O6. The van der Waals surface area contributed by atoms with Gasteiger partial charge in [0.15, 0.2) is 0 Å². The molecule has 0 spiro atoms. The van der Waals surface area contributed by atoms with Crippen LogP contribution in [0.2, 0.25) is 0 Å². The number of alkyl carbamates (subject to hydrolysis) is 1. The van der Waals surface area contributed by atoms with Gasteiger partial charge in [0.1, 0.15) is 17.2 Å². The highest BCUT2D eigenvalue weighted by Gasteiger charge is 2.34. The monoisotopic (exact) mass is 499 g/mol. The number of hydrogen-bond acceptors (Lipinski definition) is 6. The Hall–Kier alpha value is -3.57. The maximum atomic E-state index is 13.2. The van der Waals surface area contributed by atoms with Crippen LogP contribution >= 0.6 is 0 Å². The van der Waals surface area contributed by atoms with Gasteiger partial charge < -0.3 is 25.1 Å². The van der Waals surface area contributed by atoms with Gasteiger partial charge in [-0.05, 0) is 52.2 Å². The van der Waals surface area contributed by atoms with E-state index >= 15 is 0 Å². The average molecular weight is 499 g/mol. The van der Waals surface area contributed by atoms with Crippen molar-refractivity contribution in [2.75, 3.05) is 11.9 Å². The molecule has 0 bridgehead atoms. The zero-order chi connectivity index (χ0) is 26.4. The molecule has 0 saturated heterocycles. The second kappa shape index (κ2) is 11.2. The Morgan fingerprint density at radius 1 is 1.09 bits per heavy atom. The first kappa shape index (κ1) is 27.7. The molecule has 1 unspecified atom stereocenters. The number of fused-ring (bicyclic) bond motifs is 1. The van der Waals surface area contributed by atoms with Gasteiger partial charge in [0, 0.05) is 36.7 Å². The Kier molecular flexibility index (Phi) is 8.88. The third-order valence-electron chi connectivity index (χ3n) is 4.60. The first-order valence-electron chi connectivity index (χ1n) is 10.9. The van der Waals surface area contributed by atoms with E-state index in [4.69, 9.17) is 9.15 Å². The highest BCUT2D eigenvalue weighted by atomic mass is 19.4. The van der Waals surface area contributed by atoms with Crippen LogP contribution < -0.4 is 21.6 Å². The summed E-state index contributed by atoms with van der Waals surface area (Å²) in [5.41, 5.74) is -3.20. The quantitative estimate of drug-likeness (QED) is 0.373. The lowest BCUT2D eigenvalue weighted by Crippen LogP contribution is -2.43. The third-order valence-corrected chi connectivity index (χ3v) is 4.60. The van der Waals surface area contributed by atoms with Gasteiger partial charge in [-0.15, -0.1) is 0 Å². The first-order valence-corrected chi connectivity index (χ1v) is 10.9. The Morgan fingerprint density at radius 3 is 2.37 bits per heavy atom. The van der Waals surface area contributed by atoms with Crippen LogP contribution in [-0.2, 0) is 20.5 Å². The number of anilines is 1. The standard InChI is InChI=1S/C23H28F3N3O6/c1-13(30)28-17(7-5-6-10-27-21(33)35-22(2,3)4)20(32)29-14-8-9-15-16(23(24,25)26)12-19(31)34-18(15)11-14/h8-9,11-12,17H,5-7,10H2,1-4H3,(H,27,33)(H,28,30)(H,29,32). The van der Waals surface area contributed by atoms with Crippen molar-refractivity contribution < 1.29 is 36.7 Å². The van der Waals surface area contributed by atoms with Crippen molar-refractivity contribution in [3.8, 4) is 0 Å². The summed E-state index contributed by atoms with van der Waals surface area (Å²) in [6.07, 6.45) is -4.11. The lowest BCUT2D eigenvalue weighted by atomic mass is 10.1. The molecule has 0 aliphatic carbocycles. The van der Waals surface area contributed by atoms with Gasteiger partial charge >= 0.3 is 17.9 Å². The van der Waals surface area contributed by atoms with E-state index in [1.165, 1.54) is 13.0 Å². The lowest BCUT2D eigenvalue weighted by molar-refractivity contribution is -0.136.